The van der Waals surface area contributed by atoms with Crippen LogP contribution in [0, 0.1) is 6.92 Å². The summed E-state index contributed by atoms with van der Waals surface area (Å²) in [6, 6.07) is 23.4. The first kappa shape index (κ1) is 31.2. The zero-order chi connectivity index (χ0) is 29.1. The van der Waals surface area contributed by atoms with Gasteiger partial charge in [0.15, 0.2) is 0 Å². The van der Waals surface area contributed by atoms with E-state index < -0.39 is 16.1 Å². The summed E-state index contributed by atoms with van der Waals surface area (Å²) in [6.45, 7) is 4.86. The van der Waals surface area contributed by atoms with Crippen molar-refractivity contribution < 1.29 is 18.0 Å². The molecule has 40 heavy (non-hydrogen) atoms. The molecular formula is C31H38ClN3O4S. The highest BCUT2D eigenvalue weighted by molar-refractivity contribution is 7.92. The minimum atomic E-state index is -3.60. The zero-order valence-electron chi connectivity index (χ0n) is 23.3. The van der Waals surface area contributed by atoms with Gasteiger partial charge in [0.25, 0.3) is 0 Å². The number of nitrogens with zero attached hydrogens (tertiary/aromatic N) is 2. The Morgan fingerprint density at radius 3 is 2.27 bits per heavy atom. The molecule has 7 nitrogen and oxygen atoms in total. The number of carbonyl (C=O) groups excluding carboxylic acids is 2. The predicted octanol–water partition coefficient (Wildman–Crippen LogP) is 5.36. The summed E-state index contributed by atoms with van der Waals surface area (Å²) in [4.78, 5) is 28.9. The summed E-state index contributed by atoms with van der Waals surface area (Å²) in [6.07, 6.45) is 2.63. The Bertz CT molecular complexity index is 1360. The second kappa shape index (κ2) is 14.9. The Morgan fingerprint density at radius 2 is 1.65 bits per heavy atom. The van der Waals surface area contributed by atoms with Gasteiger partial charge in [-0.15, -0.1) is 0 Å². The minimum absolute atomic E-state index is 0.0742. The Labute approximate surface area is 243 Å². The number of hydrogen-bond acceptors (Lipinski definition) is 4. The first-order valence-electron chi connectivity index (χ1n) is 13.5. The lowest BCUT2D eigenvalue weighted by molar-refractivity contribution is -0.141. The molecule has 3 rings (SSSR count). The third-order valence-electron chi connectivity index (χ3n) is 6.54. The smallest absolute Gasteiger partial charge is 0.243 e. The van der Waals surface area contributed by atoms with Crippen LogP contribution in [0.5, 0.6) is 0 Å². The molecule has 0 aliphatic heterocycles. The molecule has 0 heterocycles. The first-order chi connectivity index (χ1) is 19.1. The van der Waals surface area contributed by atoms with Gasteiger partial charge in [0, 0.05) is 37.5 Å². The average molecular weight is 584 g/mol. The quantitative estimate of drug-likeness (QED) is 0.277. The molecule has 0 spiro atoms. The van der Waals surface area contributed by atoms with E-state index in [1.54, 1.807) is 29.2 Å². The highest BCUT2D eigenvalue weighted by atomic mass is 35.5. The Balaban J connectivity index is 1.86. The average Bonchev–Trinajstić information content (AvgIpc) is 2.92. The van der Waals surface area contributed by atoms with E-state index in [9.17, 15) is 18.0 Å². The van der Waals surface area contributed by atoms with E-state index in [2.05, 4.69) is 5.32 Å². The Hall–Kier alpha value is -3.36. The first-order valence-corrected chi connectivity index (χ1v) is 15.7. The number of hydrogen-bond donors (Lipinski definition) is 1. The van der Waals surface area contributed by atoms with Gasteiger partial charge in [-0.25, -0.2) is 8.42 Å². The summed E-state index contributed by atoms with van der Waals surface area (Å²) >= 11 is 6.10. The van der Waals surface area contributed by atoms with E-state index in [1.807, 2.05) is 68.4 Å². The van der Waals surface area contributed by atoms with Crippen molar-refractivity contribution in [1.29, 1.82) is 0 Å². The molecule has 1 N–H and O–H groups in total. The normalized spacial score (nSPS) is 12.0. The van der Waals surface area contributed by atoms with Crippen LogP contribution in [-0.2, 0) is 32.6 Å². The largest absolute Gasteiger partial charge is 0.354 e. The van der Waals surface area contributed by atoms with E-state index in [4.69, 9.17) is 11.6 Å². The van der Waals surface area contributed by atoms with E-state index in [0.29, 0.717) is 23.7 Å². The van der Waals surface area contributed by atoms with Crippen LogP contribution in [0.1, 0.15) is 42.9 Å². The van der Waals surface area contributed by atoms with Crippen molar-refractivity contribution in [2.75, 3.05) is 23.7 Å². The van der Waals surface area contributed by atoms with Crippen LogP contribution in [-0.4, -0.2) is 50.5 Å². The standard InChI is InChI=1S/C31H38ClN3O4S/c1-4-19-33-31(37)29(21-25-10-6-5-7-11-25)34(23-26-17-15-24(2)16-18-26)30(36)14-9-20-35(40(3,38)39)28-13-8-12-27(32)22-28/h5-8,10-13,15-18,22,29H,4,9,14,19-21,23H2,1-3H3,(H,33,37). The van der Waals surface area contributed by atoms with Gasteiger partial charge in [0.05, 0.1) is 11.9 Å². The SMILES string of the molecule is CCCNC(=O)C(Cc1ccccc1)N(Cc1ccc(C)cc1)C(=O)CCCN(c1cccc(Cl)c1)S(C)(=O)=O. The monoisotopic (exact) mass is 583 g/mol. The molecular weight excluding hydrogens is 546 g/mol. The lowest BCUT2D eigenvalue weighted by atomic mass is 10.0. The molecule has 0 bridgehead atoms. The number of halogens is 1. The lowest BCUT2D eigenvalue weighted by Gasteiger charge is -2.32. The number of nitrogens with one attached hydrogen (secondary N) is 1. The fourth-order valence-corrected chi connectivity index (χ4v) is 5.59. The van der Waals surface area contributed by atoms with Gasteiger partial charge < -0.3 is 10.2 Å². The van der Waals surface area contributed by atoms with Gasteiger partial charge in [0.2, 0.25) is 21.8 Å². The fourth-order valence-electron chi connectivity index (χ4n) is 4.45. The van der Waals surface area contributed by atoms with E-state index in [-0.39, 0.29) is 37.7 Å². The number of sulfonamides is 1. The number of rotatable bonds is 14. The molecule has 3 aromatic rings. The topological polar surface area (TPSA) is 86.8 Å². The summed E-state index contributed by atoms with van der Waals surface area (Å²) < 4.78 is 26.4. The molecule has 0 saturated heterocycles. The minimum Gasteiger partial charge on any atom is -0.354 e. The van der Waals surface area contributed by atoms with Gasteiger partial charge in [-0.1, -0.05) is 84.8 Å². The van der Waals surface area contributed by atoms with Crippen molar-refractivity contribution in [2.45, 2.75) is 52.1 Å². The molecule has 0 aliphatic rings. The molecule has 0 fully saturated rings. The number of amides is 2. The van der Waals surface area contributed by atoms with E-state index >= 15 is 0 Å². The zero-order valence-corrected chi connectivity index (χ0v) is 24.9. The van der Waals surface area contributed by atoms with Crippen molar-refractivity contribution in [1.82, 2.24) is 10.2 Å². The lowest BCUT2D eigenvalue weighted by Crippen LogP contribution is -2.50. The maximum atomic E-state index is 13.8. The van der Waals surface area contributed by atoms with Crippen molar-refractivity contribution in [3.63, 3.8) is 0 Å². The van der Waals surface area contributed by atoms with Crippen molar-refractivity contribution in [3.8, 4) is 0 Å². The van der Waals surface area contributed by atoms with Crippen LogP contribution in [0.15, 0.2) is 78.9 Å². The summed E-state index contributed by atoms with van der Waals surface area (Å²) in [5.74, 6) is -0.421. The van der Waals surface area contributed by atoms with Crippen LogP contribution < -0.4 is 9.62 Å². The van der Waals surface area contributed by atoms with Crippen LogP contribution in [0.25, 0.3) is 0 Å². The van der Waals surface area contributed by atoms with Gasteiger partial charge in [0.1, 0.15) is 6.04 Å². The van der Waals surface area contributed by atoms with Crippen molar-refractivity contribution in [3.05, 3.63) is 101 Å². The van der Waals surface area contributed by atoms with Crippen molar-refractivity contribution >= 4 is 39.1 Å². The van der Waals surface area contributed by atoms with Gasteiger partial charge >= 0.3 is 0 Å². The Kier molecular flexibility index (Phi) is 11.6. The molecule has 0 saturated carbocycles. The van der Waals surface area contributed by atoms with Crippen LogP contribution in [0.2, 0.25) is 5.02 Å². The van der Waals surface area contributed by atoms with Crippen LogP contribution >= 0.6 is 11.6 Å². The number of benzene rings is 3. The third-order valence-corrected chi connectivity index (χ3v) is 7.97. The van der Waals surface area contributed by atoms with E-state index in [1.165, 1.54) is 4.31 Å². The summed E-state index contributed by atoms with van der Waals surface area (Å²) in [5, 5.41) is 3.40. The molecule has 3 aromatic carbocycles. The number of carbonyl (C=O) groups is 2. The number of aryl methyl sites for hydroxylation is 1. The Morgan fingerprint density at radius 1 is 0.950 bits per heavy atom. The molecule has 1 atom stereocenters. The molecule has 9 heteroatoms. The maximum absolute atomic E-state index is 13.8. The molecule has 1 unspecified atom stereocenters. The highest BCUT2D eigenvalue weighted by Gasteiger charge is 2.30. The van der Waals surface area contributed by atoms with Gasteiger partial charge in [-0.3, -0.25) is 13.9 Å². The van der Waals surface area contributed by atoms with Crippen molar-refractivity contribution in [2.24, 2.45) is 0 Å². The predicted molar refractivity (Wildman–Crippen MR) is 162 cm³/mol. The van der Waals surface area contributed by atoms with Crippen LogP contribution in [0.3, 0.4) is 0 Å². The van der Waals surface area contributed by atoms with Gasteiger partial charge in [-0.05, 0) is 49.1 Å². The molecule has 0 aliphatic carbocycles. The molecule has 2 amide bonds. The third kappa shape index (κ3) is 9.38. The second-order valence-electron chi connectivity index (χ2n) is 9.92. The van der Waals surface area contributed by atoms with Gasteiger partial charge in [-0.2, -0.15) is 0 Å². The van der Waals surface area contributed by atoms with E-state index in [0.717, 1.165) is 29.4 Å². The van der Waals surface area contributed by atoms with Crippen LogP contribution in [0.4, 0.5) is 5.69 Å². The molecule has 214 valence electrons. The summed E-state index contributed by atoms with van der Waals surface area (Å²) in [7, 11) is -3.60. The molecule has 0 radical (unpaired) electrons. The maximum Gasteiger partial charge on any atom is 0.243 e. The summed E-state index contributed by atoms with van der Waals surface area (Å²) in [5.41, 5.74) is 3.41. The fraction of sp³-hybridized carbons (Fsp3) is 0.355. The second-order valence-corrected chi connectivity index (χ2v) is 12.3. The highest BCUT2D eigenvalue weighted by Crippen LogP contribution is 2.23. The number of anilines is 1. The molecule has 0 aromatic heterocycles.